The molecule has 12 nitrogen and oxygen atoms in total. The van der Waals surface area contributed by atoms with Crippen molar-refractivity contribution < 1.29 is 28.5 Å². The molecule has 2 aromatic rings. The lowest BCUT2D eigenvalue weighted by atomic mass is 10.3. The van der Waals surface area contributed by atoms with E-state index >= 15 is 0 Å². The molecule has 36 heavy (non-hydrogen) atoms. The molecule has 0 N–H and O–H groups in total. The fourth-order valence-corrected chi connectivity index (χ4v) is 2.41. The molecule has 0 atom stereocenters. The summed E-state index contributed by atoms with van der Waals surface area (Å²) in [5, 5.41) is 15.8. The van der Waals surface area contributed by atoms with Crippen LogP contribution in [0.15, 0.2) is 63.0 Å². The molecule has 0 fully saturated rings. The molecule has 12 heteroatoms. The molecular formula is C24H34N6O6. The minimum Gasteiger partial charge on any atom is -0.462 e. The van der Waals surface area contributed by atoms with Gasteiger partial charge in [-0.2, -0.15) is 0 Å². The number of carbonyl (C=O) groups excluding carboxylic acids is 2. The van der Waals surface area contributed by atoms with Crippen LogP contribution in [0.5, 0.6) is 0 Å². The average Bonchev–Trinajstić information content (AvgIpc) is 3.54. The summed E-state index contributed by atoms with van der Waals surface area (Å²) in [6.45, 7) is 17.6. The summed E-state index contributed by atoms with van der Waals surface area (Å²) < 4.78 is 23.5. The molecule has 2 aromatic heterocycles. The third-order valence-electron chi connectivity index (χ3n) is 4.11. The van der Waals surface area contributed by atoms with E-state index in [9.17, 15) is 9.59 Å². The van der Waals surface area contributed by atoms with Gasteiger partial charge >= 0.3 is 11.9 Å². The van der Waals surface area contributed by atoms with Gasteiger partial charge in [-0.25, -0.2) is 19.0 Å². The zero-order valence-electron chi connectivity index (χ0n) is 20.5. The first kappa shape index (κ1) is 30.1. The first-order valence-corrected chi connectivity index (χ1v) is 11.3. The maximum absolute atomic E-state index is 10.8. The third kappa shape index (κ3) is 14.4. The SMILES string of the molecule is C=CC(=O)OCCc1cn(CCOC(=O)C=C)nn1.C=CCOCCc1cn(CCOCC=C)nn1. The van der Waals surface area contributed by atoms with Crippen LogP contribution in [-0.4, -0.2) is 81.6 Å². The van der Waals surface area contributed by atoms with Crippen molar-refractivity contribution in [3.8, 4) is 0 Å². The zero-order chi connectivity index (χ0) is 26.4. The number of hydrogen-bond donors (Lipinski definition) is 0. The lowest BCUT2D eigenvalue weighted by Gasteiger charge is -2.01. The Hall–Kier alpha value is -3.90. The average molecular weight is 503 g/mol. The van der Waals surface area contributed by atoms with Crippen molar-refractivity contribution in [1.29, 1.82) is 0 Å². The number of aromatic nitrogens is 6. The van der Waals surface area contributed by atoms with E-state index in [2.05, 4.69) is 46.9 Å². The summed E-state index contributed by atoms with van der Waals surface area (Å²) in [6.07, 6.45) is 10.5. The molecule has 2 heterocycles. The predicted octanol–water partition coefficient (Wildman–Crippen LogP) is 1.50. The summed E-state index contributed by atoms with van der Waals surface area (Å²) in [6, 6.07) is 0. The van der Waals surface area contributed by atoms with Crippen molar-refractivity contribution >= 4 is 11.9 Å². The number of hydrogen-bond acceptors (Lipinski definition) is 10. The fourth-order valence-electron chi connectivity index (χ4n) is 2.41. The van der Waals surface area contributed by atoms with E-state index in [1.165, 1.54) is 0 Å². The van der Waals surface area contributed by atoms with E-state index in [1.54, 1.807) is 27.7 Å². The highest BCUT2D eigenvalue weighted by Crippen LogP contribution is 1.97. The number of nitrogens with zero attached hydrogens (tertiary/aromatic N) is 6. The highest BCUT2D eigenvalue weighted by molar-refractivity contribution is 5.81. The minimum absolute atomic E-state index is 0.194. The van der Waals surface area contributed by atoms with Gasteiger partial charge in [0.25, 0.3) is 0 Å². The van der Waals surface area contributed by atoms with Crippen molar-refractivity contribution in [3.63, 3.8) is 0 Å². The first-order chi connectivity index (χ1) is 17.5. The second-order valence-electron chi connectivity index (χ2n) is 6.92. The van der Waals surface area contributed by atoms with Crippen LogP contribution in [0.25, 0.3) is 0 Å². The monoisotopic (exact) mass is 502 g/mol. The van der Waals surface area contributed by atoms with Crippen LogP contribution in [0.3, 0.4) is 0 Å². The van der Waals surface area contributed by atoms with Crippen molar-refractivity contribution in [1.82, 2.24) is 30.0 Å². The Balaban J connectivity index is 0.000000362. The highest BCUT2D eigenvalue weighted by atomic mass is 16.5. The summed E-state index contributed by atoms with van der Waals surface area (Å²) in [5.41, 5.74) is 1.62. The van der Waals surface area contributed by atoms with Gasteiger partial charge in [-0.3, -0.25) is 0 Å². The van der Waals surface area contributed by atoms with Crippen LogP contribution < -0.4 is 0 Å². The van der Waals surface area contributed by atoms with Crippen LogP contribution in [0.2, 0.25) is 0 Å². The zero-order valence-corrected chi connectivity index (χ0v) is 20.5. The Labute approximate surface area is 210 Å². The van der Waals surface area contributed by atoms with Gasteiger partial charge in [-0.15, -0.1) is 23.4 Å². The van der Waals surface area contributed by atoms with E-state index in [0.717, 1.165) is 24.3 Å². The fraction of sp³-hybridized carbons (Fsp3) is 0.417. The van der Waals surface area contributed by atoms with Crippen molar-refractivity contribution in [2.24, 2.45) is 0 Å². The number of carbonyl (C=O) groups is 2. The smallest absolute Gasteiger partial charge is 0.330 e. The van der Waals surface area contributed by atoms with Crippen LogP contribution in [0, 0.1) is 0 Å². The Kier molecular flexibility index (Phi) is 16.2. The standard InChI is InChI=1S/C12H15N3O4.C12H19N3O2/c1-3-11(16)18-7-5-10-9-15(14-13-10)6-8-19-12(17)4-2;1-3-7-16-9-5-12-11-15(14-13-12)6-10-17-8-4-2/h3-4,9H,1-2,5-8H2;3-4,11H,1-2,5-10H2. The maximum Gasteiger partial charge on any atom is 0.330 e. The summed E-state index contributed by atoms with van der Waals surface area (Å²) >= 11 is 0. The topological polar surface area (TPSA) is 132 Å². The summed E-state index contributed by atoms with van der Waals surface area (Å²) in [4.78, 5) is 21.6. The molecular weight excluding hydrogens is 468 g/mol. The summed E-state index contributed by atoms with van der Waals surface area (Å²) in [5.74, 6) is -0.944. The van der Waals surface area contributed by atoms with Gasteiger partial charge in [0, 0.05) is 37.4 Å². The van der Waals surface area contributed by atoms with E-state index in [1.807, 2.05) is 6.20 Å². The molecule has 0 aromatic carbocycles. The predicted molar refractivity (Wildman–Crippen MR) is 132 cm³/mol. The van der Waals surface area contributed by atoms with Gasteiger partial charge in [-0.1, -0.05) is 35.7 Å². The van der Waals surface area contributed by atoms with Crippen LogP contribution in [0.4, 0.5) is 0 Å². The van der Waals surface area contributed by atoms with Crippen LogP contribution in [-0.2, 0) is 54.5 Å². The Morgan fingerprint density at radius 3 is 1.72 bits per heavy atom. The van der Waals surface area contributed by atoms with Crippen molar-refractivity contribution in [3.05, 3.63) is 74.4 Å². The molecule has 0 spiro atoms. The number of rotatable bonds is 18. The quantitative estimate of drug-likeness (QED) is 0.128. The van der Waals surface area contributed by atoms with E-state index in [0.29, 0.717) is 51.6 Å². The van der Waals surface area contributed by atoms with Gasteiger partial charge in [0.2, 0.25) is 0 Å². The number of ether oxygens (including phenoxy) is 4. The minimum atomic E-state index is -0.475. The van der Waals surface area contributed by atoms with Gasteiger partial charge in [0.1, 0.15) is 6.61 Å². The molecule has 0 saturated carbocycles. The second kappa shape index (κ2) is 19.4. The molecule has 196 valence electrons. The van der Waals surface area contributed by atoms with E-state index < -0.39 is 11.9 Å². The molecule has 0 radical (unpaired) electrons. The normalized spacial score (nSPS) is 10.0. The van der Waals surface area contributed by atoms with Gasteiger partial charge < -0.3 is 18.9 Å². The summed E-state index contributed by atoms with van der Waals surface area (Å²) in [7, 11) is 0. The molecule has 0 aliphatic heterocycles. The third-order valence-corrected chi connectivity index (χ3v) is 4.11. The highest BCUT2D eigenvalue weighted by Gasteiger charge is 2.04. The van der Waals surface area contributed by atoms with Gasteiger partial charge in [0.05, 0.1) is 57.5 Å². The molecule has 0 aliphatic carbocycles. The molecule has 0 amide bonds. The van der Waals surface area contributed by atoms with Crippen molar-refractivity contribution in [2.75, 3.05) is 39.6 Å². The molecule has 0 unspecified atom stereocenters. The lowest BCUT2D eigenvalue weighted by Crippen LogP contribution is -2.09. The largest absolute Gasteiger partial charge is 0.462 e. The van der Waals surface area contributed by atoms with E-state index in [-0.39, 0.29) is 13.2 Å². The Morgan fingerprint density at radius 2 is 1.19 bits per heavy atom. The maximum atomic E-state index is 10.8. The van der Waals surface area contributed by atoms with Crippen LogP contribution in [0.1, 0.15) is 11.4 Å². The van der Waals surface area contributed by atoms with Crippen LogP contribution >= 0.6 is 0 Å². The second-order valence-corrected chi connectivity index (χ2v) is 6.92. The Morgan fingerprint density at radius 1 is 0.722 bits per heavy atom. The molecule has 2 rings (SSSR count). The Bertz CT molecular complexity index is 884. The first-order valence-electron chi connectivity index (χ1n) is 11.3. The van der Waals surface area contributed by atoms with Gasteiger partial charge in [0.15, 0.2) is 0 Å². The molecule has 0 aliphatic rings. The molecule has 0 saturated heterocycles. The van der Waals surface area contributed by atoms with E-state index in [4.69, 9.17) is 18.9 Å². The van der Waals surface area contributed by atoms with Gasteiger partial charge in [-0.05, 0) is 0 Å². The van der Waals surface area contributed by atoms with Crippen molar-refractivity contribution in [2.45, 2.75) is 25.9 Å². The molecule has 0 bridgehead atoms. The number of esters is 2. The lowest BCUT2D eigenvalue weighted by molar-refractivity contribution is -0.138.